The Hall–Kier alpha value is -4.76. The summed E-state index contributed by atoms with van der Waals surface area (Å²) in [4.78, 5) is 30.3. The number of β-lactam (4-membered cyclic amide) rings is 2. The van der Waals surface area contributed by atoms with E-state index in [1.54, 1.807) is 9.80 Å². The number of nitrogens with zero attached hydrogens (tertiary/aromatic N) is 2. The second-order valence-corrected chi connectivity index (χ2v) is 13.1. The molecule has 0 saturated carbocycles. The quantitative estimate of drug-likeness (QED) is 0.403. The van der Waals surface area contributed by atoms with Crippen LogP contribution in [0, 0.1) is 0 Å². The Bertz CT molecular complexity index is 1950. The van der Waals surface area contributed by atoms with E-state index in [9.17, 15) is 19.8 Å². The molecule has 8 heteroatoms. The largest absolute Gasteiger partial charge is 0.478 e. The lowest BCUT2D eigenvalue weighted by atomic mass is 9.66. The van der Waals surface area contributed by atoms with Crippen LogP contribution in [0.4, 0.5) is 0 Å². The monoisotopic (exact) mass is 626 g/mol. The Morgan fingerprint density at radius 2 is 1.00 bits per heavy atom. The number of carbonyl (C=O) groups excluding carboxylic acids is 2. The predicted molar refractivity (Wildman–Crippen MR) is 175 cm³/mol. The predicted octanol–water partition coefficient (Wildman–Crippen LogP) is 3.93. The number of hydrogen-bond donors (Lipinski definition) is 2. The van der Waals surface area contributed by atoms with Crippen molar-refractivity contribution < 1.29 is 29.3 Å². The zero-order chi connectivity index (χ0) is 32.0. The molecule has 8 nitrogen and oxygen atoms in total. The zero-order valence-electron chi connectivity index (χ0n) is 25.9. The fourth-order valence-corrected chi connectivity index (χ4v) is 8.49. The second kappa shape index (κ2) is 10.6. The third-order valence-electron chi connectivity index (χ3n) is 10.9. The van der Waals surface area contributed by atoms with Crippen molar-refractivity contribution in [3.8, 4) is 5.75 Å². The van der Waals surface area contributed by atoms with Gasteiger partial charge < -0.3 is 29.5 Å². The third-order valence-corrected chi connectivity index (χ3v) is 10.9. The molecule has 6 atom stereocenters. The van der Waals surface area contributed by atoms with Gasteiger partial charge in [-0.05, 0) is 80.7 Å². The SMILES string of the molecule is CO[C@H]1C(=O)N2CC3=C(C4=C5CN6C(=O)[C@H](Oc7ccccc7)C6[C@H](O)C(c6ccccc6)=C5C4)CC3=C(c3ccccc3)[C@@H](O)C12. The number of methoxy groups -OCH3 is 1. The average molecular weight is 627 g/mol. The second-order valence-electron chi connectivity index (χ2n) is 13.1. The molecular weight excluding hydrogens is 592 g/mol. The van der Waals surface area contributed by atoms with E-state index in [1.807, 2.05) is 91.0 Å². The number of hydrogen-bond acceptors (Lipinski definition) is 6. The first kappa shape index (κ1) is 28.5. The van der Waals surface area contributed by atoms with Crippen molar-refractivity contribution in [2.75, 3.05) is 20.2 Å². The Balaban J connectivity index is 1.15. The van der Waals surface area contributed by atoms with Crippen molar-refractivity contribution in [1.29, 1.82) is 0 Å². The average Bonchev–Trinajstić information content (AvgIpc) is 3.22. The minimum atomic E-state index is -0.921. The van der Waals surface area contributed by atoms with E-state index in [1.165, 1.54) is 12.7 Å². The van der Waals surface area contributed by atoms with Gasteiger partial charge in [0.05, 0.1) is 6.04 Å². The molecular formula is C39H34N2O6. The first-order valence-electron chi connectivity index (χ1n) is 16.2. The normalized spacial score (nSPS) is 29.4. The summed E-state index contributed by atoms with van der Waals surface area (Å²) >= 11 is 0. The fraction of sp³-hybridized carbons (Fsp3) is 0.282. The Labute approximate surface area is 272 Å². The third kappa shape index (κ3) is 4.05. The number of ether oxygens (including phenoxy) is 2. The first-order valence-corrected chi connectivity index (χ1v) is 16.2. The number of aliphatic hydroxyl groups excluding tert-OH is 2. The topological polar surface area (TPSA) is 99.5 Å². The van der Waals surface area contributed by atoms with Gasteiger partial charge in [-0.15, -0.1) is 0 Å². The summed E-state index contributed by atoms with van der Waals surface area (Å²) in [5, 5.41) is 23.7. The van der Waals surface area contributed by atoms with Gasteiger partial charge in [0.1, 0.15) is 24.0 Å². The van der Waals surface area contributed by atoms with Crippen LogP contribution in [0.2, 0.25) is 0 Å². The van der Waals surface area contributed by atoms with Gasteiger partial charge in [0.25, 0.3) is 11.8 Å². The molecule has 2 aliphatic carbocycles. The number of para-hydroxylation sites is 1. The van der Waals surface area contributed by atoms with Crippen molar-refractivity contribution >= 4 is 23.0 Å². The van der Waals surface area contributed by atoms with E-state index in [4.69, 9.17) is 9.47 Å². The van der Waals surface area contributed by atoms with Crippen LogP contribution < -0.4 is 4.74 Å². The molecule has 0 spiro atoms. The van der Waals surface area contributed by atoms with E-state index in [2.05, 4.69) is 0 Å². The summed E-state index contributed by atoms with van der Waals surface area (Å²) in [7, 11) is 1.52. The number of amides is 2. The number of fused-ring (bicyclic) bond motifs is 4. The lowest BCUT2D eigenvalue weighted by Gasteiger charge is -2.48. The van der Waals surface area contributed by atoms with Crippen molar-refractivity contribution in [1.82, 2.24) is 9.80 Å². The van der Waals surface area contributed by atoms with Gasteiger partial charge in [0, 0.05) is 20.2 Å². The van der Waals surface area contributed by atoms with Gasteiger partial charge in [-0.3, -0.25) is 9.59 Å². The summed E-state index contributed by atoms with van der Waals surface area (Å²) < 4.78 is 11.7. The molecule has 236 valence electrons. The van der Waals surface area contributed by atoms with Gasteiger partial charge in [-0.1, -0.05) is 78.9 Å². The summed E-state index contributed by atoms with van der Waals surface area (Å²) in [6, 6.07) is 28.1. The molecule has 47 heavy (non-hydrogen) atoms. The van der Waals surface area contributed by atoms with Crippen molar-refractivity contribution in [2.45, 2.75) is 49.3 Å². The van der Waals surface area contributed by atoms with Gasteiger partial charge in [-0.2, -0.15) is 0 Å². The zero-order valence-corrected chi connectivity index (χ0v) is 25.9. The fourth-order valence-electron chi connectivity index (χ4n) is 8.49. The van der Waals surface area contributed by atoms with E-state index >= 15 is 0 Å². The Morgan fingerprint density at radius 3 is 1.47 bits per heavy atom. The van der Waals surface area contributed by atoms with E-state index < -0.39 is 36.5 Å². The maximum absolute atomic E-state index is 13.6. The molecule has 3 aromatic rings. The molecule has 2 unspecified atom stereocenters. The van der Waals surface area contributed by atoms with E-state index in [0.717, 1.165) is 50.1 Å². The summed E-state index contributed by atoms with van der Waals surface area (Å²) in [6.07, 6.45) is -1.94. The Kier molecular flexibility index (Phi) is 6.44. The summed E-state index contributed by atoms with van der Waals surface area (Å²) in [6.45, 7) is 0.793. The maximum Gasteiger partial charge on any atom is 0.266 e. The highest BCUT2D eigenvalue weighted by atomic mass is 16.5. The molecule has 0 radical (unpaired) electrons. The molecule has 2 fully saturated rings. The number of allylic oxidation sites excluding steroid dienone is 2. The standard InChI is InChI=1S/C39H34N2O6/c1-46-36-32-34(42)30(21-11-5-2-6-12-21)26-17-24(28(26)19-40(32)38(36)44)25-18-27-29(25)20-41-33(35(43)31(27)22-13-7-3-8-14-22)37(39(41)45)47-23-15-9-4-10-16-23/h2-16,32-37,42-43H,17-20H2,1H3/t32?,33?,34-,35-,36-,37-/m1/s1. The van der Waals surface area contributed by atoms with Crippen LogP contribution in [0.3, 0.4) is 0 Å². The molecule has 4 heterocycles. The highest BCUT2D eigenvalue weighted by molar-refractivity contribution is 5.95. The Morgan fingerprint density at radius 1 is 0.574 bits per heavy atom. The molecule has 0 aromatic heterocycles. The van der Waals surface area contributed by atoms with Crippen LogP contribution in [-0.2, 0) is 14.3 Å². The minimum absolute atomic E-state index is 0.113. The molecule has 2 saturated heterocycles. The van der Waals surface area contributed by atoms with E-state index in [0.29, 0.717) is 31.7 Å². The molecule has 9 rings (SSSR count). The van der Waals surface area contributed by atoms with Crippen LogP contribution in [-0.4, -0.2) is 88.5 Å². The molecule has 2 amide bonds. The number of carbonyl (C=O) groups is 2. The lowest BCUT2D eigenvalue weighted by Crippen LogP contribution is -2.70. The van der Waals surface area contributed by atoms with E-state index in [-0.39, 0.29) is 11.8 Å². The highest BCUT2D eigenvalue weighted by Crippen LogP contribution is 2.56. The first-order chi connectivity index (χ1) is 23.0. The molecule has 2 N–H and O–H groups in total. The summed E-state index contributed by atoms with van der Waals surface area (Å²) in [5.74, 6) is 0.345. The number of aliphatic hydroxyl groups is 2. The van der Waals surface area contributed by atoms with Crippen molar-refractivity contribution in [3.63, 3.8) is 0 Å². The van der Waals surface area contributed by atoms with Gasteiger partial charge in [0.15, 0.2) is 12.2 Å². The van der Waals surface area contributed by atoms with Crippen LogP contribution >= 0.6 is 0 Å². The number of benzene rings is 3. The smallest absolute Gasteiger partial charge is 0.266 e. The van der Waals surface area contributed by atoms with Crippen LogP contribution in [0.25, 0.3) is 11.1 Å². The number of rotatable bonds is 6. The maximum atomic E-state index is 13.6. The molecule has 4 aliphatic heterocycles. The van der Waals surface area contributed by atoms with Crippen molar-refractivity contribution in [2.24, 2.45) is 0 Å². The van der Waals surface area contributed by atoms with Gasteiger partial charge >= 0.3 is 0 Å². The van der Waals surface area contributed by atoms with Gasteiger partial charge in [-0.25, -0.2) is 0 Å². The molecule has 3 aromatic carbocycles. The van der Waals surface area contributed by atoms with Crippen LogP contribution in [0.5, 0.6) is 5.75 Å². The minimum Gasteiger partial charge on any atom is -0.478 e. The van der Waals surface area contributed by atoms with Gasteiger partial charge in [0.2, 0.25) is 0 Å². The molecule has 6 aliphatic rings. The van der Waals surface area contributed by atoms with Crippen LogP contribution in [0.15, 0.2) is 124 Å². The summed E-state index contributed by atoms with van der Waals surface area (Å²) in [5.41, 5.74) is 10.2. The van der Waals surface area contributed by atoms with Crippen LogP contribution in [0.1, 0.15) is 24.0 Å². The molecule has 0 bridgehead atoms. The lowest BCUT2D eigenvalue weighted by molar-refractivity contribution is -0.175. The van der Waals surface area contributed by atoms with Crippen molar-refractivity contribution in [3.05, 3.63) is 136 Å². The highest BCUT2D eigenvalue weighted by Gasteiger charge is 2.58.